The molecule has 0 fully saturated rings. The minimum atomic E-state index is -0.282. The van der Waals surface area contributed by atoms with Crippen LogP contribution in [0.1, 0.15) is 23.0 Å². The van der Waals surface area contributed by atoms with Gasteiger partial charge in [-0.05, 0) is 17.5 Å². The summed E-state index contributed by atoms with van der Waals surface area (Å²) in [5.41, 5.74) is 3.65. The van der Waals surface area contributed by atoms with Crippen LogP contribution in [0.3, 0.4) is 0 Å². The van der Waals surface area contributed by atoms with Gasteiger partial charge in [0.05, 0.1) is 0 Å². The molecule has 94 valence electrons. The van der Waals surface area contributed by atoms with Gasteiger partial charge in [-0.3, -0.25) is 0 Å². The van der Waals surface area contributed by atoms with Crippen molar-refractivity contribution in [3.05, 3.63) is 71.3 Å². The lowest BCUT2D eigenvalue weighted by Crippen LogP contribution is -2.03. The second-order valence-corrected chi connectivity index (χ2v) is 4.21. The molecule has 0 radical (unpaired) electrons. The van der Waals surface area contributed by atoms with Gasteiger partial charge in [0.1, 0.15) is 0 Å². The molecule has 0 heterocycles. The van der Waals surface area contributed by atoms with Crippen molar-refractivity contribution in [3.8, 4) is 0 Å². The highest BCUT2D eigenvalue weighted by atomic mass is 16.7. The van der Waals surface area contributed by atoms with Gasteiger partial charge in [-0.25, -0.2) is 0 Å². The second-order valence-electron chi connectivity index (χ2n) is 4.21. The van der Waals surface area contributed by atoms with Gasteiger partial charge in [-0.2, -0.15) is 0 Å². The van der Waals surface area contributed by atoms with E-state index in [4.69, 9.17) is 9.47 Å². The molecule has 2 aromatic carbocycles. The largest absolute Gasteiger partial charge is 0.352 e. The number of rotatable bonds is 5. The van der Waals surface area contributed by atoms with Crippen molar-refractivity contribution >= 4 is 0 Å². The van der Waals surface area contributed by atoms with Gasteiger partial charge in [0.15, 0.2) is 6.29 Å². The third-order valence-corrected chi connectivity index (χ3v) is 2.93. The van der Waals surface area contributed by atoms with E-state index in [1.54, 1.807) is 14.2 Å². The average molecular weight is 242 g/mol. The molecule has 2 rings (SSSR count). The Morgan fingerprint density at radius 3 is 1.89 bits per heavy atom. The zero-order valence-corrected chi connectivity index (χ0v) is 10.8. The molecule has 2 nitrogen and oxygen atoms in total. The molecule has 0 aromatic heterocycles. The Balaban J connectivity index is 2.08. The van der Waals surface area contributed by atoms with Gasteiger partial charge < -0.3 is 9.47 Å². The first kappa shape index (κ1) is 12.8. The summed E-state index contributed by atoms with van der Waals surface area (Å²) in [6, 6.07) is 18.8. The standard InChI is InChI=1S/C16H18O2/c1-17-16(18-2)15-10-8-14(9-11-15)12-13-6-4-3-5-7-13/h3-11,16H,12H2,1-2H3. The molecule has 0 saturated heterocycles. The summed E-state index contributed by atoms with van der Waals surface area (Å²) in [5.74, 6) is 0. The zero-order valence-electron chi connectivity index (χ0n) is 10.8. The Kier molecular flexibility index (Phi) is 4.51. The Hall–Kier alpha value is -1.64. The van der Waals surface area contributed by atoms with Crippen LogP contribution in [0.15, 0.2) is 54.6 Å². The third-order valence-electron chi connectivity index (χ3n) is 2.93. The first-order valence-corrected chi connectivity index (χ1v) is 6.02. The Labute approximate surface area is 108 Å². The summed E-state index contributed by atoms with van der Waals surface area (Å²) in [6.07, 6.45) is 0.668. The predicted molar refractivity (Wildman–Crippen MR) is 72.4 cm³/mol. The van der Waals surface area contributed by atoms with Crippen molar-refractivity contribution in [1.29, 1.82) is 0 Å². The summed E-state index contributed by atoms with van der Waals surface area (Å²) in [5, 5.41) is 0. The fourth-order valence-corrected chi connectivity index (χ4v) is 1.99. The maximum absolute atomic E-state index is 5.22. The molecule has 0 saturated carbocycles. The van der Waals surface area contributed by atoms with E-state index in [2.05, 4.69) is 48.5 Å². The van der Waals surface area contributed by atoms with Gasteiger partial charge >= 0.3 is 0 Å². The first-order chi connectivity index (χ1) is 8.83. The normalized spacial score (nSPS) is 10.8. The number of methoxy groups -OCH3 is 2. The van der Waals surface area contributed by atoms with Gasteiger partial charge in [0, 0.05) is 19.8 Å². The summed E-state index contributed by atoms with van der Waals surface area (Å²) in [7, 11) is 3.29. The van der Waals surface area contributed by atoms with Crippen LogP contribution in [0, 0.1) is 0 Å². The van der Waals surface area contributed by atoms with Gasteiger partial charge in [-0.1, -0.05) is 54.6 Å². The first-order valence-electron chi connectivity index (χ1n) is 6.02. The van der Waals surface area contributed by atoms with Crippen molar-refractivity contribution in [2.75, 3.05) is 14.2 Å². The van der Waals surface area contributed by atoms with Crippen molar-refractivity contribution in [3.63, 3.8) is 0 Å². The highest BCUT2D eigenvalue weighted by Crippen LogP contribution is 2.18. The van der Waals surface area contributed by atoms with E-state index >= 15 is 0 Å². The fourth-order valence-electron chi connectivity index (χ4n) is 1.99. The molecule has 0 bridgehead atoms. The summed E-state index contributed by atoms with van der Waals surface area (Å²) in [6.45, 7) is 0. The van der Waals surface area contributed by atoms with Crippen molar-refractivity contribution < 1.29 is 9.47 Å². The van der Waals surface area contributed by atoms with Gasteiger partial charge in [0.2, 0.25) is 0 Å². The zero-order chi connectivity index (χ0) is 12.8. The topological polar surface area (TPSA) is 18.5 Å². The molecule has 0 aliphatic heterocycles. The minimum absolute atomic E-state index is 0.282. The van der Waals surface area contributed by atoms with Crippen LogP contribution in [0.25, 0.3) is 0 Å². The van der Waals surface area contributed by atoms with E-state index in [0.29, 0.717) is 0 Å². The molecule has 2 heteroatoms. The average Bonchev–Trinajstić information content (AvgIpc) is 2.43. The molecule has 2 aromatic rings. The van der Waals surface area contributed by atoms with Crippen LogP contribution in [0.4, 0.5) is 0 Å². The van der Waals surface area contributed by atoms with Crippen LogP contribution in [-0.4, -0.2) is 14.2 Å². The maximum atomic E-state index is 5.22. The summed E-state index contributed by atoms with van der Waals surface area (Å²) >= 11 is 0. The van der Waals surface area contributed by atoms with E-state index in [1.165, 1.54) is 11.1 Å². The molecule has 0 aliphatic rings. The number of hydrogen-bond donors (Lipinski definition) is 0. The van der Waals surface area contributed by atoms with E-state index in [0.717, 1.165) is 12.0 Å². The fraction of sp³-hybridized carbons (Fsp3) is 0.250. The second kappa shape index (κ2) is 6.34. The van der Waals surface area contributed by atoms with E-state index in [1.807, 2.05) is 6.07 Å². The maximum Gasteiger partial charge on any atom is 0.183 e. The molecule has 0 atom stereocenters. The van der Waals surface area contributed by atoms with Crippen LogP contribution < -0.4 is 0 Å². The molecule has 0 amide bonds. The van der Waals surface area contributed by atoms with Crippen LogP contribution in [0.5, 0.6) is 0 Å². The monoisotopic (exact) mass is 242 g/mol. The van der Waals surface area contributed by atoms with E-state index < -0.39 is 0 Å². The Bertz CT molecular complexity index is 458. The molecule has 0 unspecified atom stereocenters. The summed E-state index contributed by atoms with van der Waals surface area (Å²) in [4.78, 5) is 0. The molecular formula is C16H18O2. The molecule has 18 heavy (non-hydrogen) atoms. The lowest BCUT2D eigenvalue weighted by Gasteiger charge is -2.13. The lowest BCUT2D eigenvalue weighted by atomic mass is 10.0. The number of benzene rings is 2. The van der Waals surface area contributed by atoms with E-state index in [-0.39, 0.29) is 6.29 Å². The minimum Gasteiger partial charge on any atom is -0.352 e. The Morgan fingerprint density at radius 1 is 0.778 bits per heavy atom. The van der Waals surface area contributed by atoms with Crippen molar-refractivity contribution in [2.24, 2.45) is 0 Å². The van der Waals surface area contributed by atoms with Gasteiger partial charge in [0.25, 0.3) is 0 Å². The van der Waals surface area contributed by atoms with Crippen molar-refractivity contribution in [2.45, 2.75) is 12.7 Å². The molecule has 0 N–H and O–H groups in total. The van der Waals surface area contributed by atoms with Crippen LogP contribution in [-0.2, 0) is 15.9 Å². The number of hydrogen-bond acceptors (Lipinski definition) is 2. The summed E-state index contributed by atoms with van der Waals surface area (Å²) < 4.78 is 10.4. The van der Waals surface area contributed by atoms with Gasteiger partial charge in [-0.15, -0.1) is 0 Å². The lowest BCUT2D eigenvalue weighted by molar-refractivity contribution is -0.106. The van der Waals surface area contributed by atoms with Crippen LogP contribution >= 0.6 is 0 Å². The predicted octanol–water partition coefficient (Wildman–Crippen LogP) is 3.57. The van der Waals surface area contributed by atoms with Crippen LogP contribution in [0.2, 0.25) is 0 Å². The third kappa shape index (κ3) is 3.19. The Morgan fingerprint density at radius 2 is 1.33 bits per heavy atom. The van der Waals surface area contributed by atoms with E-state index in [9.17, 15) is 0 Å². The highest BCUT2D eigenvalue weighted by molar-refractivity contribution is 5.29. The molecule has 0 aliphatic carbocycles. The molecular weight excluding hydrogens is 224 g/mol. The SMILES string of the molecule is COC(OC)c1ccc(Cc2ccccc2)cc1. The quantitative estimate of drug-likeness (QED) is 0.746. The number of ether oxygens (including phenoxy) is 2. The molecule has 0 spiro atoms. The smallest absolute Gasteiger partial charge is 0.183 e. The highest BCUT2D eigenvalue weighted by Gasteiger charge is 2.07. The van der Waals surface area contributed by atoms with Crippen molar-refractivity contribution in [1.82, 2.24) is 0 Å².